The number of rotatable bonds is 1. The van der Waals surface area contributed by atoms with Crippen molar-refractivity contribution in [2.75, 3.05) is 0 Å². The van der Waals surface area contributed by atoms with E-state index in [2.05, 4.69) is 0 Å². The van der Waals surface area contributed by atoms with Crippen molar-refractivity contribution < 1.29 is 9.26 Å². The lowest BCUT2D eigenvalue weighted by Crippen LogP contribution is -2.22. The largest absolute Gasteiger partial charge is 0.237 e. The minimum atomic E-state index is 0.905. The van der Waals surface area contributed by atoms with E-state index in [4.69, 9.17) is 4.52 Å². The van der Waals surface area contributed by atoms with Crippen molar-refractivity contribution in [2.45, 2.75) is 13.8 Å². The van der Waals surface area contributed by atoms with Crippen LogP contribution in [0.3, 0.4) is 0 Å². The maximum atomic E-state index is 5.23. The second-order valence-electron chi connectivity index (χ2n) is 2.58. The lowest BCUT2D eigenvalue weighted by molar-refractivity contribution is -0.845. The first-order valence-corrected chi connectivity index (χ1v) is 3.29. The Bertz CT molecular complexity index is 244. The Hall–Kier alpha value is -1.05. The Balaban J connectivity index is 2.86. The van der Waals surface area contributed by atoms with E-state index in [1.165, 1.54) is 5.57 Å². The van der Waals surface area contributed by atoms with Crippen LogP contribution in [0, 0.1) is 0 Å². The first-order chi connectivity index (χ1) is 4.68. The van der Waals surface area contributed by atoms with Crippen LogP contribution in [0.25, 0.3) is 6.08 Å². The van der Waals surface area contributed by atoms with Gasteiger partial charge in [-0.05, 0) is 24.7 Å². The van der Waals surface area contributed by atoms with Crippen molar-refractivity contribution in [1.29, 1.82) is 0 Å². The topological polar surface area (TPSA) is 17.0 Å². The molecule has 0 aliphatic carbocycles. The molecule has 0 fully saturated rings. The molecule has 0 N–H and O–H groups in total. The van der Waals surface area contributed by atoms with E-state index in [-0.39, 0.29) is 0 Å². The summed E-state index contributed by atoms with van der Waals surface area (Å²) in [6, 6.07) is 1.94. The highest BCUT2D eigenvalue weighted by molar-refractivity contribution is 5.44. The summed E-state index contributed by atoms with van der Waals surface area (Å²) >= 11 is 0. The molecule has 0 spiro atoms. The molecule has 0 atom stereocenters. The number of hydrogen-bond acceptors (Lipinski definition) is 1. The second kappa shape index (κ2) is 2.69. The highest BCUT2D eigenvalue weighted by Crippen LogP contribution is 2.02. The van der Waals surface area contributed by atoms with Gasteiger partial charge in [0.1, 0.15) is 0 Å². The monoisotopic (exact) mass is 138 g/mol. The normalized spacial score (nSPS) is 9.50. The van der Waals surface area contributed by atoms with E-state index < -0.39 is 0 Å². The maximum absolute atomic E-state index is 5.23. The standard InChI is InChI=1S/C8H12NO/c1-7(2)6-8-4-5-9(3)10-8/h4-6H,1-3H3/q+1. The van der Waals surface area contributed by atoms with E-state index in [0.29, 0.717) is 0 Å². The third-order valence-corrected chi connectivity index (χ3v) is 1.13. The van der Waals surface area contributed by atoms with Crippen molar-refractivity contribution in [1.82, 2.24) is 0 Å². The van der Waals surface area contributed by atoms with Gasteiger partial charge in [0.05, 0.1) is 6.07 Å². The van der Waals surface area contributed by atoms with Crippen LogP contribution in [0.1, 0.15) is 19.6 Å². The van der Waals surface area contributed by atoms with Crippen molar-refractivity contribution in [2.24, 2.45) is 7.05 Å². The van der Waals surface area contributed by atoms with Crippen LogP contribution in [0.2, 0.25) is 0 Å². The predicted molar refractivity (Wildman–Crippen MR) is 39.2 cm³/mol. The van der Waals surface area contributed by atoms with E-state index in [1.54, 1.807) is 4.74 Å². The molecule has 0 bridgehead atoms. The molecule has 0 aliphatic rings. The first kappa shape index (κ1) is 7.06. The Morgan fingerprint density at radius 1 is 1.60 bits per heavy atom. The average Bonchev–Trinajstić information content (AvgIpc) is 2.13. The number of allylic oxidation sites excluding steroid dienone is 1. The third kappa shape index (κ3) is 1.72. The Morgan fingerprint density at radius 2 is 2.30 bits per heavy atom. The second-order valence-corrected chi connectivity index (χ2v) is 2.58. The zero-order chi connectivity index (χ0) is 7.56. The molecule has 54 valence electrons. The number of aryl methyl sites for hydroxylation is 1. The molecule has 0 aliphatic heterocycles. The fourth-order valence-corrected chi connectivity index (χ4v) is 0.765. The summed E-state index contributed by atoms with van der Waals surface area (Å²) in [4.78, 5) is 0. The molecule has 2 nitrogen and oxygen atoms in total. The van der Waals surface area contributed by atoms with Crippen molar-refractivity contribution in [3.8, 4) is 0 Å². The quantitative estimate of drug-likeness (QED) is 0.538. The molecule has 0 saturated carbocycles. The highest BCUT2D eigenvalue weighted by atomic mass is 16.5. The lowest BCUT2D eigenvalue weighted by atomic mass is 10.3. The Morgan fingerprint density at radius 3 is 2.70 bits per heavy atom. The van der Waals surface area contributed by atoms with Gasteiger partial charge in [-0.3, -0.25) is 0 Å². The molecule has 10 heavy (non-hydrogen) atoms. The summed E-state index contributed by atoms with van der Waals surface area (Å²) in [5.41, 5.74) is 1.25. The molecule has 1 heterocycles. The summed E-state index contributed by atoms with van der Waals surface area (Å²) in [7, 11) is 1.86. The number of aromatic nitrogens is 1. The van der Waals surface area contributed by atoms with Crippen LogP contribution in [0.5, 0.6) is 0 Å². The van der Waals surface area contributed by atoms with Gasteiger partial charge in [-0.25, -0.2) is 4.52 Å². The summed E-state index contributed by atoms with van der Waals surface area (Å²) in [6.07, 6.45) is 3.88. The van der Waals surface area contributed by atoms with Gasteiger partial charge in [0.25, 0.3) is 0 Å². The van der Waals surface area contributed by atoms with Crippen LogP contribution < -0.4 is 4.74 Å². The van der Waals surface area contributed by atoms with Crippen LogP contribution in [-0.2, 0) is 7.05 Å². The van der Waals surface area contributed by atoms with Crippen molar-refractivity contribution >= 4 is 6.08 Å². The van der Waals surface area contributed by atoms with Crippen molar-refractivity contribution in [3.05, 3.63) is 23.6 Å². The summed E-state index contributed by atoms with van der Waals surface area (Å²) in [6.45, 7) is 4.09. The number of nitrogens with zero attached hydrogens (tertiary/aromatic N) is 1. The maximum Gasteiger partial charge on any atom is 0.219 e. The average molecular weight is 138 g/mol. The molecule has 1 rings (SSSR count). The summed E-state index contributed by atoms with van der Waals surface area (Å²) in [5.74, 6) is 0.905. The minimum Gasteiger partial charge on any atom is -0.237 e. The van der Waals surface area contributed by atoms with Gasteiger partial charge in [-0.2, -0.15) is 0 Å². The van der Waals surface area contributed by atoms with Crippen molar-refractivity contribution in [3.63, 3.8) is 0 Å². The van der Waals surface area contributed by atoms with Gasteiger partial charge in [0.2, 0.25) is 12.0 Å². The molecule has 0 amide bonds. The highest BCUT2D eigenvalue weighted by Gasteiger charge is 1.98. The summed E-state index contributed by atoms with van der Waals surface area (Å²) in [5, 5.41) is 0. The molecule has 2 heteroatoms. The lowest BCUT2D eigenvalue weighted by Gasteiger charge is -1.81. The fraction of sp³-hybridized carbons (Fsp3) is 0.375. The van der Waals surface area contributed by atoms with Crippen LogP contribution in [0.15, 0.2) is 22.4 Å². The smallest absolute Gasteiger partial charge is 0.219 e. The molecule has 1 aromatic rings. The zero-order valence-corrected chi connectivity index (χ0v) is 6.59. The van der Waals surface area contributed by atoms with Crippen LogP contribution >= 0.6 is 0 Å². The minimum absolute atomic E-state index is 0.905. The van der Waals surface area contributed by atoms with E-state index in [1.807, 2.05) is 39.2 Å². The van der Waals surface area contributed by atoms with Gasteiger partial charge in [0, 0.05) is 0 Å². The third-order valence-electron chi connectivity index (χ3n) is 1.13. The molecular formula is C8H12NO+. The molecule has 0 radical (unpaired) electrons. The zero-order valence-electron chi connectivity index (χ0n) is 6.59. The van der Waals surface area contributed by atoms with Gasteiger partial charge in [0.15, 0.2) is 7.05 Å². The predicted octanol–water partition coefficient (Wildman–Crippen LogP) is 1.53. The SMILES string of the molecule is CC(C)=Cc1cc[n+](C)o1. The van der Waals surface area contributed by atoms with E-state index >= 15 is 0 Å². The summed E-state index contributed by atoms with van der Waals surface area (Å²) < 4.78 is 6.91. The molecule has 0 aromatic carbocycles. The van der Waals surface area contributed by atoms with Crippen LogP contribution in [0.4, 0.5) is 0 Å². The molecule has 0 saturated heterocycles. The van der Waals surface area contributed by atoms with Crippen LogP contribution in [-0.4, -0.2) is 0 Å². The molecule has 0 unspecified atom stereocenters. The van der Waals surface area contributed by atoms with Gasteiger partial charge >= 0.3 is 0 Å². The van der Waals surface area contributed by atoms with Gasteiger partial charge in [-0.1, -0.05) is 5.57 Å². The van der Waals surface area contributed by atoms with E-state index in [0.717, 1.165) is 5.76 Å². The molecular weight excluding hydrogens is 126 g/mol. The first-order valence-electron chi connectivity index (χ1n) is 3.29. The van der Waals surface area contributed by atoms with Gasteiger partial charge in [-0.15, -0.1) is 0 Å². The van der Waals surface area contributed by atoms with Gasteiger partial charge < -0.3 is 0 Å². The molecule has 1 aromatic heterocycles. The number of hydrogen-bond donors (Lipinski definition) is 0. The Kier molecular flexibility index (Phi) is 1.90. The Labute approximate surface area is 60.7 Å². The van der Waals surface area contributed by atoms with E-state index in [9.17, 15) is 0 Å². The fourth-order valence-electron chi connectivity index (χ4n) is 0.765.